The van der Waals surface area contributed by atoms with Gasteiger partial charge in [-0.2, -0.15) is 0 Å². The summed E-state index contributed by atoms with van der Waals surface area (Å²) in [5.41, 5.74) is 1.75. The molecule has 98 valence electrons. The van der Waals surface area contributed by atoms with Crippen LogP contribution in [0.25, 0.3) is 0 Å². The molecule has 0 bridgehead atoms. The van der Waals surface area contributed by atoms with E-state index in [1.165, 1.54) is 0 Å². The molecular formula is C15H11BrClFO. The Morgan fingerprint density at radius 2 is 1.79 bits per heavy atom. The first-order chi connectivity index (χ1) is 8.91. The van der Waals surface area contributed by atoms with Crippen molar-refractivity contribution in [2.75, 3.05) is 0 Å². The second kappa shape index (κ2) is 5.43. The fourth-order valence-corrected chi connectivity index (χ4v) is 2.49. The van der Waals surface area contributed by atoms with Crippen LogP contribution in [0.1, 0.15) is 27.0 Å². The van der Waals surface area contributed by atoms with Crippen LogP contribution in [0.5, 0.6) is 0 Å². The number of carbonyl (C=O) groups is 1. The van der Waals surface area contributed by atoms with Crippen LogP contribution in [0.4, 0.5) is 4.39 Å². The van der Waals surface area contributed by atoms with Gasteiger partial charge in [-0.25, -0.2) is 4.39 Å². The van der Waals surface area contributed by atoms with Gasteiger partial charge in [-0.15, -0.1) is 0 Å². The van der Waals surface area contributed by atoms with Gasteiger partial charge in [0.25, 0.3) is 0 Å². The third-order valence-corrected chi connectivity index (χ3v) is 4.19. The van der Waals surface area contributed by atoms with Crippen molar-refractivity contribution in [3.63, 3.8) is 0 Å². The van der Waals surface area contributed by atoms with E-state index in [-0.39, 0.29) is 11.6 Å². The van der Waals surface area contributed by atoms with Crippen molar-refractivity contribution in [2.45, 2.75) is 13.8 Å². The predicted octanol–water partition coefficient (Wildman–Crippen LogP) is 5.09. The van der Waals surface area contributed by atoms with Crippen LogP contribution in [-0.4, -0.2) is 5.78 Å². The first kappa shape index (κ1) is 14.2. The summed E-state index contributed by atoms with van der Waals surface area (Å²) in [7, 11) is 0. The first-order valence-electron chi connectivity index (χ1n) is 5.67. The van der Waals surface area contributed by atoms with Crippen molar-refractivity contribution < 1.29 is 9.18 Å². The van der Waals surface area contributed by atoms with Gasteiger partial charge in [-0.3, -0.25) is 4.79 Å². The van der Waals surface area contributed by atoms with Crippen LogP contribution >= 0.6 is 27.5 Å². The van der Waals surface area contributed by atoms with Gasteiger partial charge in [0.1, 0.15) is 5.82 Å². The second-order valence-corrected chi connectivity index (χ2v) is 5.59. The van der Waals surface area contributed by atoms with Crippen LogP contribution in [0.15, 0.2) is 34.8 Å². The smallest absolute Gasteiger partial charge is 0.194 e. The van der Waals surface area contributed by atoms with E-state index in [4.69, 9.17) is 11.6 Å². The maximum absolute atomic E-state index is 13.6. The van der Waals surface area contributed by atoms with Gasteiger partial charge < -0.3 is 0 Å². The summed E-state index contributed by atoms with van der Waals surface area (Å²) in [6, 6.07) is 8.25. The number of hydrogen-bond donors (Lipinski definition) is 0. The average molecular weight is 342 g/mol. The van der Waals surface area contributed by atoms with Crippen molar-refractivity contribution in [2.24, 2.45) is 0 Å². The maximum atomic E-state index is 13.6. The third-order valence-electron chi connectivity index (χ3n) is 2.89. The van der Waals surface area contributed by atoms with Gasteiger partial charge in [0.15, 0.2) is 5.78 Å². The number of benzene rings is 2. The first-order valence-corrected chi connectivity index (χ1v) is 6.84. The molecule has 0 spiro atoms. The molecular weight excluding hydrogens is 331 g/mol. The molecule has 0 aromatic heterocycles. The van der Waals surface area contributed by atoms with Crippen molar-refractivity contribution >= 4 is 33.3 Å². The zero-order valence-electron chi connectivity index (χ0n) is 10.4. The van der Waals surface area contributed by atoms with E-state index in [0.29, 0.717) is 31.7 Å². The molecule has 0 fully saturated rings. The minimum atomic E-state index is -0.281. The van der Waals surface area contributed by atoms with Gasteiger partial charge in [0.2, 0.25) is 0 Å². The van der Waals surface area contributed by atoms with Gasteiger partial charge in [0, 0.05) is 15.6 Å². The van der Waals surface area contributed by atoms with Gasteiger partial charge in [-0.05, 0) is 65.2 Å². The molecule has 1 nitrogen and oxygen atoms in total. The lowest BCUT2D eigenvalue weighted by Gasteiger charge is -2.08. The monoisotopic (exact) mass is 340 g/mol. The zero-order valence-corrected chi connectivity index (χ0v) is 12.8. The van der Waals surface area contributed by atoms with Gasteiger partial charge in [0.05, 0.1) is 5.02 Å². The number of hydrogen-bond acceptors (Lipinski definition) is 1. The van der Waals surface area contributed by atoms with E-state index >= 15 is 0 Å². The number of rotatable bonds is 2. The fraction of sp³-hybridized carbons (Fsp3) is 0.133. The quantitative estimate of drug-likeness (QED) is 0.695. The lowest BCUT2D eigenvalue weighted by molar-refractivity contribution is 0.103. The zero-order chi connectivity index (χ0) is 14.2. The normalized spacial score (nSPS) is 10.6. The highest BCUT2D eigenvalue weighted by Gasteiger charge is 2.16. The highest BCUT2D eigenvalue weighted by Crippen LogP contribution is 2.28. The molecule has 0 saturated heterocycles. The molecule has 19 heavy (non-hydrogen) atoms. The van der Waals surface area contributed by atoms with E-state index in [1.54, 1.807) is 44.2 Å². The molecule has 0 aliphatic carbocycles. The summed E-state index contributed by atoms with van der Waals surface area (Å²) in [5, 5.41) is 0.368. The lowest BCUT2D eigenvalue weighted by Crippen LogP contribution is -2.04. The second-order valence-electron chi connectivity index (χ2n) is 4.35. The molecule has 0 atom stereocenters. The summed E-state index contributed by atoms with van der Waals surface area (Å²) in [5.74, 6) is -0.491. The molecule has 0 amide bonds. The summed E-state index contributed by atoms with van der Waals surface area (Å²) in [6.07, 6.45) is 0. The Morgan fingerprint density at radius 1 is 1.21 bits per heavy atom. The standard InChI is InChI=1S/C15H11BrClFO/c1-8-6-10(7-9(2)14(8)18)15(19)11-4-3-5-12(16)13(11)17/h3-7H,1-2H3. The van der Waals surface area contributed by atoms with Crippen molar-refractivity contribution in [3.05, 3.63) is 67.9 Å². The summed E-state index contributed by atoms with van der Waals surface area (Å²) >= 11 is 9.39. The Hall–Kier alpha value is -1.19. The van der Waals surface area contributed by atoms with Crippen LogP contribution in [0.2, 0.25) is 5.02 Å². The number of ketones is 1. The fourth-order valence-electron chi connectivity index (χ4n) is 1.91. The van der Waals surface area contributed by atoms with Crippen molar-refractivity contribution in [1.29, 1.82) is 0 Å². The maximum Gasteiger partial charge on any atom is 0.194 e. The third kappa shape index (κ3) is 2.72. The Kier molecular flexibility index (Phi) is 4.07. The number of halogens is 3. The Labute approximate surface area is 124 Å². The Bertz CT molecular complexity index is 644. The van der Waals surface area contributed by atoms with E-state index in [1.807, 2.05) is 0 Å². The van der Waals surface area contributed by atoms with Crippen LogP contribution in [0.3, 0.4) is 0 Å². The molecule has 2 aromatic rings. The average Bonchev–Trinajstić information content (AvgIpc) is 2.38. The molecule has 0 aliphatic heterocycles. The largest absolute Gasteiger partial charge is 0.289 e. The summed E-state index contributed by atoms with van der Waals surface area (Å²) in [6.45, 7) is 3.28. The van der Waals surface area contributed by atoms with E-state index in [2.05, 4.69) is 15.9 Å². The van der Waals surface area contributed by atoms with E-state index < -0.39 is 0 Å². The highest BCUT2D eigenvalue weighted by molar-refractivity contribution is 9.10. The molecule has 0 saturated carbocycles. The molecule has 0 unspecified atom stereocenters. The minimum Gasteiger partial charge on any atom is -0.289 e. The lowest BCUT2D eigenvalue weighted by atomic mass is 9.99. The molecule has 0 N–H and O–H groups in total. The number of aryl methyl sites for hydroxylation is 2. The number of carbonyl (C=O) groups excluding carboxylic acids is 1. The molecule has 2 rings (SSSR count). The van der Waals surface area contributed by atoms with Crippen molar-refractivity contribution in [1.82, 2.24) is 0 Å². The molecule has 2 aromatic carbocycles. The van der Waals surface area contributed by atoms with Crippen molar-refractivity contribution in [3.8, 4) is 0 Å². The summed E-state index contributed by atoms with van der Waals surface area (Å²) < 4.78 is 14.2. The Morgan fingerprint density at radius 3 is 2.37 bits per heavy atom. The molecule has 0 heterocycles. The van der Waals surface area contributed by atoms with E-state index in [9.17, 15) is 9.18 Å². The van der Waals surface area contributed by atoms with Crippen LogP contribution in [0, 0.1) is 19.7 Å². The topological polar surface area (TPSA) is 17.1 Å². The molecule has 4 heteroatoms. The Balaban J connectivity index is 2.53. The predicted molar refractivity (Wildman–Crippen MR) is 78.5 cm³/mol. The minimum absolute atomic E-state index is 0.211. The van der Waals surface area contributed by atoms with Gasteiger partial charge >= 0.3 is 0 Å². The SMILES string of the molecule is Cc1cc(C(=O)c2cccc(Br)c2Cl)cc(C)c1F. The molecule has 0 aliphatic rings. The van der Waals surface area contributed by atoms with Crippen LogP contribution in [-0.2, 0) is 0 Å². The van der Waals surface area contributed by atoms with Crippen LogP contribution < -0.4 is 0 Å². The van der Waals surface area contributed by atoms with Gasteiger partial charge in [-0.1, -0.05) is 17.7 Å². The summed E-state index contributed by atoms with van der Waals surface area (Å²) in [4.78, 5) is 12.4. The molecule has 0 radical (unpaired) electrons. The highest BCUT2D eigenvalue weighted by atomic mass is 79.9. The van der Waals surface area contributed by atoms with E-state index in [0.717, 1.165) is 0 Å².